The molecule has 0 saturated heterocycles. The van der Waals surface area contributed by atoms with Crippen LogP contribution in [0.4, 0.5) is 0 Å². The maximum Gasteiger partial charge on any atom is 0.327 e. The number of aryl methyl sites for hydroxylation is 1. The van der Waals surface area contributed by atoms with Crippen LogP contribution in [0.3, 0.4) is 0 Å². The van der Waals surface area contributed by atoms with Gasteiger partial charge in [0.15, 0.2) is 0 Å². The van der Waals surface area contributed by atoms with E-state index in [1.807, 2.05) is 11.8 Å². The maximum atomic E-state index is 11.6. The van der Waals surface area contributed by atoms with Crippen LogP contribution in [-0.4, -0.2) is 21.2 Å². The van der Waals surface area contributed by atoms with Gasteiger partial charge in [0.2, 0.25) is 0 Å². The molecule has 0 fully saturated rings. The Balaban J connectivity index is 2.66. The third-order valence-electron chi connectivity index (χ3n) is 1.80. The van der Waals surface area contributed by atoms with Gasteiger partial charge in [-0.1, -0.05) is 17.7 Å². The molecule has 0 aromatic heterocycles. The summed E-state index contributed by atoms with van der Waals surface area (Å²) in [5.74, 6) is 0. The highest BCUT2D eigenvalue weighted by Crippen LogP contribution is 2.09. The summed E-state index contributed by atoms with van der Waals surface area (Å²) in [5, 5.41) is 3.45. The molecule has 1 N–H and O–H groups in total. The van der Waals surface area contributed by atoms with Crippen molar-refractivity contribution in [1.29, 1.82) is 0 Å². The van der Waals surface area contributed by atoms with Gasteiger partial charge in [-0.15, -0.1) is 0 Å². The van der Waals surface area contributed by atoms with Crippen molar-refractivity contribution >= 4 is 24.9 Å². The summed E-state index contributed by atoms with van der Waals surface area (Å²) in [4.78, 5) is 2.14. The average molecular weight is 274 g/mol. The van der Waals surface area contributed by atoms with Crippen LogP contribution >= 0.6 is 8.69 Å². The van der Waals surface area contributed by atoms with Crippen LogP contribution in [0.5, 0.6) is 0 Å². The number of hydrogen-bond acceptors (Lipinski definition) is 5. The van der Waals surface area contributed by atoms with Crippen molar-refractivity contribution in [2.75, 3.05) is 6.61 Å². The highest BCUT2D eigenvalue weighted by atomic mass is 32.2. The Hall–Kier alpha value is -1.30. The van der Waals surface area contributed by atoms with Crippen molar-refractivity contribution in [3.05, 3.63) is 29.8 Å². The van der Waals surface area contributed by atoms with E-state index >= 15 is 0 Å². The van der Waals surface area contributed by atoms with Crippen molar-refractivity contribution in [1.82, 2.24) is 4.83 Å². The zero-order valence-electron chi connectivity index (χ0n) is 9.03. The Morgan fingerprint density at radius 2 is 2.06 bits per heavy atom. The van der Waals surface area contributed by atoms with E-state index < -0.39 is 18.7 Å². The second-order valence-corrected chi connectivity index (χ2v) is 5.16. The molecule has 92 valence electrons. The smallest absolute Gasteiger partial charge is 0.289 e. The Morgan fingerprint density at radius 3 is 2.65 bits per heavy atom. The number of benzene rings is 1. The third-order valence-corrected chi connectivity index (χ3v) is 3.29. The normalized spacial score (nSPS) is 12.1. The van der Waals surface area contributed by atoms with Crippen LogP contribution in [0.15, 0.2) is 34.3 Å². The predicted molar refractivity (Wildman–Crippen MR) is 63.6 cm³/mol. The fourth-order valence-electron chi connectivity index (χ4n) is 0.978. The van der Waals surface area contributed by atoms with E-state index in [1.165, 1.54) is 12.1 Å². The number of nitrogens with zero attached hydrogens (tertiary/aromatic N) is 1. The maximum absolute atomic E-state index is 11.6. The highest BCUT2D eigenvalue weighted by molar-refractivity contribution is 7.89. The zero-order valence-corrected chi connectivity index (χ0v) is 10.7. The molecule has 1 rings (SSSR count). The van der Waals surface area contributed by atoms with Crippen LogP contribution in [0.2, 0.25) is 0 Å². The van der Waals surface area contributed by atoms with Crippen molar-refractivity contribution < 1.29 is 17.5 Å². The molecule has 0 saturated carbocycles. The lowest BCUT2D eigenvalue weighted by atomic mass is 10.2. The summed E-state index contributed by atoms with van der Waals surface area (Å²) in [5.41, 5.74) is 0.968. The molecule has 0 unspecified atom stereocenters. The van der Waals surface area contributed by atoms with E-state index in [0.717, 1.165) is 11.8 Å². The predicted octanol–water partition coefficient (Wildman–Crippen LogP) is 1.48. The molecule has 1 aromatic carbocycles. The molecule has 0 spiro atoms. The molecule has 0 atom stereocenters. The Bertz CT molecular complexity index is 498. The molecule has 1 aromatic rings. The quantitative estimate of drug-likeness (QED) is 0.368. The number of rotatable bonds is 6. The summed E-state index contributed by atoms with van der Waals surface area (Å²) in [6.07, 6.45) is 1.16. The van der Waals surface area contributed by atoms with Crippen LogP contribution in [0.25, 0.3) is 0 Å². The zero-order chi connectivity index (χ0) is 12.7. The number of nitrogens with one attached hydrogen (secondary N) is 1. The van der Waals surface area contributed by atoms with Crippen molar-refractivity contribution in [3.63, 3.8) is 0 Å². The molecule has 8 heteroatoms. The minimum absolute atomic E-state index is 0.0402. The van der Waals surface area contributed by atoms with Gasteiger partial charge in [0, 0.05) is 0 Å². The summed E-state index contributed by atoms with van der Waals surface area (Å²) in [7, 11) is -4.12. The van der Waals surface area contributed by atoms with E-state index in [-0.39, 0.29) is 11.5 Å². The SMILES string of the molecule is Cc1ccc(S(=O)(=O)N/N=C/COP=O)cc1. The second kappa shape index (κ2) is 6.44. The van der Waals surface area contributed by atoms with Gasteiger partial charge < -0.3 is 0 Å². The molecule has 0 aliphatic rings. The molecule has 0 radical (unpaired) electrons. The fraction of sp³-hybridized carbons (Fsp3) is 0.222. The van der Waals surface area contributed by atoms with Gasteiger partial charge in [-0.05, 0) is 19.1 Å². The van der Waals surface area contributed by atoms with Gasteiger partial charge in [0.1, 0.15) is 0 Å². The van der Waals surface area contributed by atoms with Gasteiger partial charge in [-0.3, -0.25) is 4.52 Å². The van der Waals surface area contributed by atoms with Gasteiger partial charge in [0.05, 0.1) is 17.7 Å². The highest BCUT2D eigenvalue weighted by Gasteiger charge is 2.11. The molecule has 0 aliphatic heterocycles. The van der Waals surface area contributed by atoms with E-state index in [0.29, 0.717) is 0 Å². The first-order chi connectivity index (χ1) is 8.06. The van der Waals surface area contributed by atoms with Gasteiger partial charge in [-0.2, -0.15) is 13.5 Å². The molecule has 0 aliphatic carbocycles. The number of hydrazone groups is 1. The molecule has 6 nitrogen and oxygen atoms in total. The van der Waals surface area contributed by atoms with Crippen LogP contribution in [-0.2, 0) is 19.1 Å². The fourth-order valence-corrected chi connectivity index (χ4v) is 1.92. The third kappa shape index (κ3) is 4.60. The average Bonchev–Trinajstić information content (AvgIpc) is 2.29. The lowest BCUT2D eigenvalue weighted by Gasteiger charge is -2.02. The Labute approximate surface area is 101 Å². The van der Waals surface area contributed by atoms with Gasteiger partial charge >= 0.3 is 8.69 Å². The van der Waals surface area contributed by atoms with Crippen LogP contribution < -0.4 is 4.83 Å². The first kappa shape index (κ1) is 13.8. The topological polar surface area (TPSA) is 84.8 Å². The van der Waals surface area contributed by atoms with Crippen molar-refractivity contribution in [2.24, 2.45) is 5.10 Å². The second-order valence-electron chi connectivity index (χ2n) is 3.09. The number of sulfonamides is 1. The lowest BCUT2D eigenvalue weighted by Crippen LogP contribution is -2.18. The van der Waals surface area contributed by atoms with E-state index in [1.54, 1.807) is 12.1 Å². The molecular formula is C9H11N2O4PS. The number of hydrogen-bond donors (Lipinski definition) is 1. The van der Waals surface area contributed by atoms with Crippen LogP contribution in [0.1, 0.15) is 5.56 Å². The largest absolute Gasteiger partial charge is 0.327 e. The lowest BCUT2D eigenvalue weighted by molar-refractivity contribution is 0.403. The van der Waals surface area contributed by atoms with E-state index in [2.05, 4.69) is 9.63 Å². The van der Waals surface area contributed by atoms with Crippen molar-refractivity contribution in [2.45, 2.75) is 11.8 Å². The first-order valence-corrected chi connectivity index (χ1v) is 6.82. The van der Waals surface area contributed by atoms with Gasteiger partial charge in [0.25, 0.3) is 10.0 Å². The Morgan fingerprint density at radius 1 is 1.41 bits per heavy atom. The molecule has 0 amide bonds. The molecule has 0 bridgehead atoms. The molecular weight excluding hydrogens is 263 g/mol. The summed E-state index contributed by atoms with van der Waals surface area (Å²) in [6.45, 7) is 1.82. The molecule has 17 heavy (non-hydrogen) atoms. The van der Waals surface area contributed by atoms with Crippen molar-refractivity contribution in [3.8, 4) is 0 Å². The summed E-state index contributed by atoms with van der Waals surface area (Å²) in [6, 6.07) is 6.36. The molecule has 0 heterocycles. The van der Waals surface area contributed by atoms with Gasteiger partial charge in [-0.25, -0.2) is 9.40 Å². The summed E-state index contributed by atoms with van der Waals surface area (Å²) < 4.78 is 37.6. The monoisotopic (exact) mass is 274 g/mol. The van der Waals surface area contributed by atoms with E-state index in [9.17, 15) is 13.0 Å². The Kier molecular flexibility index (Phi) is 5.21. The first-order valence-electron chi connectivity index (χ1n) is 4.61. The minimum Gasteiger partial charge on any atom is -0.289 e. The standard InChI is InChI=1S/C9H11N2O4PS/c1-8-2-4-9(5-3-8)17(13,14)11-10-6-7-15-16-12/h2-6,11H,7H2,1H3/b10-6+. The van der Waals surface area contributed by atoms with Crippen LogP contribution in [0, 0.1) is 6.92 Å². The summed E-state index contributed by atoms with van der Waals surface area (Å²) >= 11 is 0. The van der Waals surface area contributed by atoms with E-state index in [4.69, 9.17) is 0 Å². The minimum atomic E-state index is -3.65.